The number of furan rings is 1. The first-order valence-electron chi connectivity index (χ1n) is 10.4. The zero-order valence-corrected chi connectivity index (χ0v) is 17.3. The second-order valence-corrected chi connectivity index (χ2v) is 7.86. The van der Waals surface area contributed by atoms with Crippen molar-refractivity contribution in [1.29, 1.82) is 0 Å². The lowest BCUT2D eigenvalue weighted by Gasteiger charge is -2.42. The van der Waals surface area contributed by atoms with Crippen LogP contribution >= 0.6 is 0 Å². The average molecular weight is 391 g/mol. The van der Waals surface area contributed by atoms with Crippen molar-refractivity contribution in [2.45, 2.75) is 25.9 Å². The maximum atomic E-state index is 10.1. The van der Waals surface area contributed by atoms with Gasteiger partial charge in [0.2, 0.25) is 0 Å². The summed E-state index contributed by atoms with van der Waals surface area (Å²) in [6, 6.07) is 23.8. The third-order valence-electron chi connectivity index (χ3n) is 6.00. The van der Waals surface area contributed by atoms with Gasteiger partial charge < -0.3 is 9.52 Å². The van der Waals surface area contributed by atoms with Crippen molar-refractivity contribution in [1.82, 2.24) is 9.80 Å². The van der Waals surface area contributed by atoms with Gasteiger partial charge in [-0.3, -0.25) is 9.80 Å². The molecule has 1 aliphatic heterocycles. The van der Waals surface area contributed by atoms with Crippen molar-refractivity contribution in [3.63, 3.8) is 0 Å². The molecule has 1 fully saturated rings. The fourth-order valence-electron chi connectivity index (χ4n) is 4.58. The highest BCUT2D eigenvalue weighted by molar-refractivity contribution is 5.32. The fourth-order valence-corrected chi connectivity index (χ4v) is 4.58. The molecule has 29 heavy (non-hydrogen) atoms. The topological polar surface area (TPSA) is 39.9 Å². The number of hydrogen-bond acceptors (Lipinski definition) is 4. The predicted octanol–water partition coefficient (Wildman–Crippen LogP) is 4.34. The van der Waals surface area contributed by atoms with Gasteiger partial charge in [-0.15, -0.1) is 0 Å². The van der Waals surface area contributed by atoms with Crippen molar-refractivity contribution in [2.75, 3.05) is 32.8 Å². The van der Waals surface area contributed by atoms with Gasteiger partial charge in [-0.1, -0.05) is 60.7 Å². The van der Waals surface area contributed by atoms with E-state index < -0.39 is 0 Å². The Morgan fingerprint density at radius 3 is 1.79 bits per heavy atom. The van der Waals surface area contributed by atoms with Gasteiger partial charge in [0.15, 0.2) is 0 Å². The lowest BCUT2D eigenvalue weighted by atomic mass is 9.96. The first-order chi connectivity index (χ1) is 14.2. The van der Waals surface area contributed by atoms with Crippen LogP contribution in [0.25, 0.3) is 0 Å². The third-order valence-corrected chi connectivity index (χ3v) is 6.00. The summed E-state index contributed by atoms with van der Waals surface area (Å²) in [6.07, 6.45) is 0. The second kappa shape index (κ2) is 8.95. The Balaban J connectivity index is 1.53. The van der Waals surface area contributed by atoms with E-state index in [1.54, 1.807) is 0 Å². The fraction of sp³-hybridized carbons (Fsp3) is 0.360. The summed E-state index contributed by atoms with van der Waals surface area (Å²) in [4.78, 5) is 4.95. The Labute approximate surface area is 173 Å². The van der Waals surface area contributed by atoms with Crippen molar-refractivity contribution >= 4 is 0 Å². The maximum Gasteiger partial charge on any atom is 0.105 e. The van der Waals surface area contributed by atoms with E-state index in [-0.39, 0.29) is 18.7 Å². The van der Waals surface area contributed by atoms with Gasteiger partial charge in [0.1, 0.15) is 11.5 Å². The Bertz CT molecular complexity index is 860. The van der Waals surface area contributed by atoms with Gasteiger partial charge in [0, 0.05) is 31.7 Å². The van der Waals surface area contributed by atoms with Crippen LogP contribution < -0.4 is 0 Å². The Morgan fingerprint density at radius 2 is 1.34 bits per heavy atom. The van der Waals surface area contributed by atoms with Gasteiger partial charge in [0.25, 0.3) is 0 Å². The first-order valence-corrected chi connectivity index (χ1v) is 10.4. The van der Waals surface area contributed by atoms with Crippen molar-refractivity contribution in [3.8, 4) is 0 Å². The quantitative estimate of drug-likeness (QED) is 0.680. The maximum absolute atomic E-state index is 10.1. The van der Waals surface area contributed by atoms with E-state index in [0.29, 0.717) is 0 Å². The molecule has 1 aromatic heterocycles. The zero-order valence-electron chi connectivity index (χ0n) is 17.3. The molecule has 2 heterocycles. The molecule has 1 N–H and O–H groups in total. The predicted molar refractivity (Wildman–Crippen MR) is 116 cm³/mol. The number of piperazine rings is 1. The molecule has 152 valence electrons. The Hall–Kier alpha value is -2.40. The molecule has 4 rings (SSSR count). The average Bonchev–Trinajstić information content (AvgIpc) is 3.09. The van der Waals surface area contributed by atoms with E-state index in [2.05, 4.69) is 76.5 Å². The van der Waals surface area contributed by atoms with E-state index in [1.165, 1.54) is 11.1 Å². The number of hydrogen-bond donors (Lipinski definition) is 1. The number of aliphatic hydroxyl groups is 1. The largest absolute Gasteiger partial charge is 0.466 e. The Morgan fingerprint density at radius 1 is 0.828 bits per heavy atom. The van der Waals surface area contributed by atoms with Crippen LogP contribution in [0.1, 0.15) is 40.3 Å². The monoisotopic (exact) mass is 390 g/mol. The van der Waals surface area contributed by atoms with Crippen LogP contribution in [0.15, 0.2) is 71.1 Å². The first kappa shape index (κ1) is 19.9. The minimum Gasteiger partial charge on any atom is -0.466 e. The lowest BCUT2D eigenvalue weighted by molar-refractivity contribution is 0.0527. The third kappa shape index (κ3) is 4.30. The summed E-state index contributed by atoms with van der Waals surface area (Å²) in [5.41, 5.74) is 3.76. The number of benzene rings is 2. The molecule has 0 amide bonds. The second-order valence-electron chi connectivity index (χ2n) is 7.86. The van der Waals surface area contributed by atoms with Gasteiger partial charge in [-0.2, -0.15) is 0 Å². The molecule has 0 aliphatic carbocycles. The van der Waals surface area contributed by atoms with E-state index in [1.807, 2.05) is 13.8 Å². The van der Waals surface area contributed by atoms with Crippen LogP contribution in [0.5, 0.6) is 0 Å². The number of rotatable bonds is 6. The van der Waals surface area contributed by atoms with Crippen LogP contribution in [0.2, 0.25) is 0 Å². The number of nitrogens with zero attached hydrogens (tertiary/aromatic N) is 2. The summed E-state index contributed by atoms with van der Waals surface area (Å²) >= 11 is 0. The van der Waals surface area contributed by atoms with Gasteiger partial charge in [-0.25, -0.2) is 0 Å². The molecule has 1 unspecified atom stereocenters. The molecule has 0 bridgehead atoms. The molecule has 1 aliphatic rings. The lowest BCUT2D eigenvalue weighted by Crippen LogP contribution is -2.49. The zero-order chi connectivity index (χ0) is 20.2. The van der Waals surface area contributed by atoms with Crippen LogP contribution in [-0.4, -0.2) is 47.7 Å². The molecule has 2 aromatic carbocycles. The van der Waals surface area contributed by atoms with Gasteiger partial charge in [-0.05, 0) is 31.0 Å². The normalized spacial score (nSPS) is 17.0. The number of aryl methyl sites for hydroxylation is 2. The van der Waals surface area contributed by atoms with Crippen molar-refractivity contribution in [3.05, 3.63) is 94.9 Å². The summed E-state index contributed by atoms with van der Waals surface area (Å²) in [5.74, 6) is 1.82. The summed E-state index contributed by atoms with van der Waals surface area (Å²) in [5, 5.41) is 10.1. The van der Waals surface area contributed by atoms with Crippen LogP contribution in [0.4, 0.5) is 0 Å². The van der Waals surface area contributed by atoms with E-state index in [4.69, 9.17) is 4.42 Å². The molecular weight excluding hydrogens is 360 g/mol. The van der Waals surface area contributed by atoms with Gasteiger partial charge in [0.05, 0.1) is 18.7 Å². The molecule has 4 nitrogen and oxygen atoms in total. The molecule has 4 heteroatoms. The molecule has 1 atom stereocenters. The van der Waals surface area contributed by atoms with E-state index >= 15 is 0 Å². The van der Waals surface area contributed by atoms with Crippen LogP contribution in [0.3, 0.4) is 0 Å². The molecular formula is C25H30N2O2. The van der Waals surface area contributed by atoms with Crippen molar-refractivity contribution in [2.24, 2.45) is 0 Å². The Kier molecular flexibility index (Phi) is 6.14. The highest BCUT2D eigenvalue weighted by atomic mass is 16.3. The highest BCUT2D eigenvalue weighted by Gasteiger charge is 2.30. The van der Waals surface area contributed by atoms with Crippen LogP contribution in [-0.2, 0) is 0 Å². The minimum atomic E-state index is 0.00139. The SMILES string of the molecule is Cc1cc(C(CO)N2CCN(C(c3ccccc3)c3ccccc3)CC2)c(C)o1. The molecule has 0 saturated carbocycles. The molecule has 1 saturated heterocycles. The molecule has 3 aromatic rings. The van der Waals surface area contributed by atoms with Crippen LogP contribution in [0, 0.1) is 13.8 Å². The summed E-state index contributed by atoms with van der Waals surface area (Å²) < 4.78 is 5.71. The van der Waals surface area contributed by atoms with E-state index in [9.17, 15) is 5.11 Å². The molecule has 0 radical (unpaired) electrons. The smallest absolute Gasteiger partial charge is 0.105 e. The van der Waals surface area contributed by atoms with E-state index in [0.717, 1.165) is 43.3 Å². The standard InChI is InChI=1S/C25H30N2O2/c1-19-17-23(20(2)29-19)24(18-28)26-13-15-27(16-14-26)25(21-9-5-3-6-10-21)22-11-7-4-8-12-22/h3-12,17,24-25,28H,13-16,18H2,1-2H3. The van der Waals surface area contributed by atoms with Crippen molar-refractivity contribution < 1.29 is 9.52 Å². The van der Waals surface area contributed by atoms with Gasteiger partial charge >= 0.3 is 0 Å². The molecule has 0 spiro atoms. The summed E-state index contributed by atoms with van der Waals surface area (Å²) in [7, 11) is 0. The minimum absolute atomic E-state index is 0.00139. The summed E-state index contributed by atoms with van der Waals surface area (Å²) in [6.45, 7) is 7.83. The highest BCUT2D eigenvalue weighted by Crippen LogP contribution is 2.32. The number of aliphatic hydroxyl groups excluding tert-OH is 1.